The maximum atomic E-state index is 11.8. The van der Waals surface area contributed by atoms with Crippen LogP contribution in [0, 0.1) is 10.1 Å². The van der Waals surface area contributed by atoms with Crippen molar-refractivity contribution in [2.24, 2.45) is 0 Å². The maximum absolute atomic E-state index is 11.8. The van der Waals surface area contributed by atoms with Crippen molar-refractivity contribution in [3.63, 3.8) is 0 Å². The Morgan fingerprint density at radius 2 is 1.88 bits per heavy atom. The Labute approximate surface area is 99.8 Å². The fourth-order valence-corrected chi connectivity index (χ4v) is 3.00. The minimum Gasteiger partial charge on any atom is -0.373 e. The molecule has 0 unspecified atom stereocenters. The third-order valence-electron chi connectivity index (χ3n) is 3.58. The molecule has 6 heteroatoms. The predicted octanol–water partition coefficient (Wildman–Crippen LogP) is 0.869. The number of likely N-dealkylation sites (N-methyl/N-ethyl adjacent to an activating group) is 1. The summed E-state index contributed by atoms with van der Waals surface area (Å²) in [6.07, 6.45) is 4.73. The molecular formula is C11H17N3O3. The number of amides is 1. The topological polar surface area (TPSA) is 75.5 Å². The lowest BCUT2D eigenvalue weighted by molar-refractivity contribution is -0.420. The van der Waals surface area contributed by atoms with Crippen molar-refractivity contribution >= 4 is 5.91 Å². The van der Waals surface area contributed by atoms with Crippen molar-refractivity contribution in [1.29, 1.82) is 0 Å². The van der Waals surface area contributed by atoms with E-state index < -0.39 is 16.4 Å². The molecule has 1 N–H and O–H groups in total. The number of nitro groups is 1. The molecule has 0 bridgehead atoms. The molecule has 1 fully saturated rings. The quantitative estimate of drug-likeness (QED) is 0.573. The zero-order chi connectivity index (χ0) is 12.6. The molecule has 0 aromatic heterocycles. The van der Waals surface area contributed by atoms with Crippen LogP contribution in [0.15, 0.2) is 11.4 Å². The Morgan fingerprint density at radius 3 is 2.35 bits per heavy atom. The van der Waals surface area contributed by atoms with Crippen LogP contribution in [0.25, 0.3) is 0 Å². The Kier molecular flexibility index (Phi) is 2.81. The third-order valence-corrected chi connectivity index (χ3v) is 3.58. The van der Waals surface area contributed by atoms with Crippen molar-refractivity contribution in [2.75, 3.05) is 14.1 Å². The van der Waals surface area contributed by atoms with E-state index in [1.54, 1.807) is 19.0 Å². The molecule has 0 aromatic carbocycles. The Hall–Kier alpha value is -1.59. The number of hydrogen-bond donors (Lipinski definition) is 1. The summed E-state index contributed by atoms with van der Waals surface area (Å²) in [5.41, 5.74) is -0.231. The van der Waals surface area contributed by atoms with Crippen molar-refractivity contribution in [2.45, 2.75) is 37.6 Å². The number of rotatable bonds is 2. The smallest absolute Gasteiger partial charge is 0.354 e. The molecule has 1 amide bonds. The SMILES string of the molecule is CN(C)C1=C([N+](=O)[O-])C(=O)NC12CCCCC2. The second-order valence-corrected chi connectivity index (χ2v) is 4.95. The Bertz CT molecular complexity index is 395. The van der Waals surface area contributed by atoms with Gasteiger partial charge in [0.2, 0.25) is 0 Å². The second-order valence-electron chi connectivity index (χ2n) is 4.95. The molecule has 1 heterocycles. The summed E-state index contributed by atoms with van der Waals surface area (Å²) in [4.78, 5) is 23.9. The van der Waals surface area contributed by atoms with Gasteiger partial charge in [-0.25, -0.2) is 0 Å². The number of hydrogen-bond acceptors (Lipinski definition) is 4. The van der Waals surface area contributed by atoms with Gasteiger partial charge in [-0.15, -0.1) is 0 Å². The number of carbonyl (C=O) groups excluding carboxylic acids is 1. The first-order valence-electron chi connectivity index (χ1n) is 5.87. The van der Waals surface area contributed by atoms with Crippen LogP contribution in [0.4, 0.5) is 0 Å². The van der Waals surface area contributed by atoms with Gasteiger partial charge < -0.3 is 10.2 Å². The van der Waals surface area contributed by atoms with Crippen LogP contribution in [0.3, 0.4) is 0 Å². The summed E-state index contributed by atoms with van der Waals surface area (Å²) in [5.74, 6) is -0.541. The van der Waals surface area contributed by atoms with Gasteiger partial charge in [0.25, 0.3) is 0 Å². The van der Waals surface area contributed by atoms with Gasteiger partial charge in [-0.05, 0) is 12.8 Å². The van der Waals surface area contributed by atoms with E-state index in [-0.39, 0.29) is 5.70 Å². The van der Waals surface area contributed by atoms with E-state index in [1.807, 2.05) is 0 Å². The van der Waals surface area contributed by atoms with E-state index in [1.165, 1.54) is 0 Å². The van der Waals surface area contributed by atoms with Crippen LogP contribution < -0.4 is 5.32 Å². The zero-order valence-electron chi connectivity index (χ0n) is 10.2. The summed E-state index contributed by atoms with van der Waals surface area (Å²) < 4.78 is 0. The zero-order valence-corrected chi connectivity index (χ0v) is 10.2. The van der Waals surface area contributed by atoms with Gasteiger partial charge in [0.15, 0.2) is 0 Å². The summed E-state index contributed by atoms with van der Waals surface area (Å²) in [6, 6.07) is 0. The highest BCUT2D eigenvalue weighted by Crippen LogP contribution is 2.40. The average Bonchev–Trinajstić information content (AvgIpc) is 2.52. The second kappa shape index (κ2) is 4.01. The normalized spacial score (nSPS) is 22.8. The molecule has 1 spiro atoms. The van der Waals surface area contributed by atoms with Crippen LogP contribution in [0.1, 0.15) is 32.1 Å². The lowest BCUT2D eigenvalue weighted by Crippen LogP contribution is -2.48. The molecule has 1 saturated carbocycles. The predicted molar refractivity (Wildman–Crippen MR) is 61.7 cm³/mol. The molecule has 0 saturated heterocycles. The standard InChI is InChI=1S/C11H17N3O3/c1-13(2)9-8(14(16)17)10(15)12-11(9)6-4-3-5-7-11/h3-7H2,1-2H3,(H,12,15). The van der Waals surface area contributed by atoms with Crippen LogP contribution >= 0.6 is 0 Å². The molecule has 1 aliphatic heterocycles. The van der Waals surface area contributed by atoms with Crippen LogP contribution in [0.5, 0.6) is 0 Å². The van der Waals surface area contributed by atoms with Gasteiger partial charge in [-0.2, -0.15) is 0 Å². The highest BCUT2D eigenvalue weighted by atomic mass is 16.6. The molecule has 1 aliphatic carbocycles. The molecule has 0 atom stereocenters. The van der Waals surface area contributed by atoms with E-state index in [0.29, 0.717) is 5.70 Å². The van der Waals surface area contributed by atoms with Gasteiger partial charge in [0.1, 0.15) is 5.70 Å². The van der Waals surface area contributed by atoms with Crippen molar-refractivity contribution in [3.05, 3.63) is 21.5 Å². The van der Waals surface area contributed by atoms with Crippen LogP contribution in [-0.2, 0) is 4.79 Å². The first-order valence-corrected chi connectivity index (χ1v) is 5.87. The average molecular weight is 239 g/mol. The maximum Gasteiger partial charge on any atom is 0.354 e. The minimum absolute atomic E-state index is 0.281. The van der Waals surface area contributed by atoms with Gasteiger partial charge in [-0.1, -0.05) is 19.3 Å². The first kappa shape index (κ1) is 11.9. The van der Waals surface area contributed by atoms with Crippen LogP contribution in [-0.4, -0.2) is 35.4 Å². The number of nitrogens with one attached hydrogen (secondary N) is 1. The molecule has 94 valence electrons. The minimum atomic E-state index is -0.561. The largest absolute Gasteiger partial charge is 0.373 e. The fraction of sp³-hybridized carbons (Fsp3) is 0.727. The van der Waals surface area contributed by atoms with Gasteiger partial charge in [-0.3, -0.25) is 14.9 Å². The Morgan fingerprint density at radius 1 is 1.29 bits per heavy atom. The van der Waals surface area contributed by atoms with Crippen molar-refractivity contribution in [1.82, 2.24) is 10.2 Å². The number of nitrogens with zero attached hydrogens (tertiary/aromatic N) is 2. The summed E-state index contributed by atoms with van der Waals surface area (Å²) in [5, 5.41) is 13.8. The monoisotopic (exact) mass is 239 g/mol. The summed E-state index contributed by atoms with van der Waals surface area (Å²) in [7, 11) is 3.52. The number of carbonyl (C=O) groups is 1. The van der Waals surface area contributed by atoms with Gasteiger partial charge >= 0.3 is 11.6 Å². The van der Waals surface area contributed by atoms with E-state index >= 15 is 0 Å². The summed E-state index contributed by atoms with van der Waals surface area (Å²) in [6.45, 7) is 0. The fourth-order valence-electron chi connectivity index (χ4n) is 3.00. The Balaban J connectivity index is 2.49. The molecule has 0 aromatic rings. The summed E-state index contributed by atoms with van der Waals surface area (Å²) >= 11 is 0. The third kappa shape index (κ3) is 1.77. The van der Waals surface area contributed by atoms with Gasteiger partial charge in [0.05, 0.1) is 10.5 Å². The highest BCUT2D eigenvalue weighted by molar-refractivity contribution is 5.96. The molecule has 17 heavy (non-hydrogen) atoms. The van der Waals surface area contributed by atoms with E-state index in [9.17, 15) is 14.9 Å². The first-order chi connectivity index (χ1) is 7.98. The van der Waals surface area contributed by atoms with Crippen LogP contribution in [0.2, 0.25) is 0 Å². The highest BCUT2D eigenvalue weighted by Gasteiger charge is 2.52. The van der Waals surface area contributed by atoms with E-state index in [4.69, 9.17) is 0 Å². The van der Waals surface area contributed by atoms with E-state index in [0.717, 1.165) is 32.1 Å². The molecule has 0 radical (unpaired) electrons. The van der Waals surface area contributed by atoms with E-state index in [2.05, 4.69) is 5.32 Å². The lowest BCUT2D eigenvalue weighted by atomic mass is 9.80. The van der Waals surface area contributed by atoms with Crippen molar-refractivity contribution in [3.8, 4) is 0 Å². The molecular weight excluding hydrogens is 222 g/mol. The molecule has 2 rings (SSSR count). The molecule has 2 aliphatic rings. The lowest BCUT2D eigenvalue weighted by Gasteiger charge is -2.37. The molecule has 6 nitrogen and oxygen atoms in total. The van der Waals surface area contributed by atoms with Gasteiger partial charge in [0, 0.05) is 14.1 Å². The van der Waals surface area contributed by atoms with Crippen molar-refractivity contribution < 1.29 is 9.72 Å².